The van der Waals surface area contributed by atoms with E-state index in [1.54, 1.807) is 5.06 Å². The molecule has 0 bridgehead atoms. The van der Waals surface area contributed by atoms with Gasteiger partial charge in [0.1, 0.15) is 0 Å². The van der Waals surface area contributed by atoms with E-state index < -0.39 is 0 Å². The van der Waals surface area contributed by atoms with Gasteiger partial charge in [0.15, 0.2) is 0 Å². The summed E-state index contributed by atoms with van der Waals surface area (Å²) in [6, 6.07) is 10.5. The molecule has 0 N–H and O–H groups in total. The number of hydrogen-bond donors (Lipinski definition) is 0. The molecule has 0 radical (unpaired) electrons. The molecule has 5 heteroatoms. The van der Waals surface area contributed by atoms with Gasteiger partial charge in [-0.15, -0.1) is 0 Å². The first-order valence-electron chi connectivity index (χ1n) is 8.65. The van der Waals surface area contributed by atoms with Gasteiger partial charge >= 0.3 is 0 Å². The molecule has 3 aliphatic heterocycles. The van der Waals surface area contributed by atoms with Crippen LogP contribution >= 0.6 is 0 Å². The zero-order chi connectivity index (χ0) is 15.6. The minimum Gasteiger partial charge on any atom is -0.380 e. The third-order valence-electron chi connectivity index (χ3n) is 5.32. The molecule has 0 aromatic heterocycles. The highest BCUT2D eigenvalue weighted by molar-refractivity contribution is 5.78. The first kappa shape index (κ1) is 15.0. The van der Waals surface area contributed by atoms with Crippen LogP contribution in [-0.4, -0.2) is 50.4 Å². The Balaban J connectivity index is 1.48. The fourth-order valence-electron chi connectivity index (χ4n) is 4.06. The number of para-hydroxylation sites is 1. The van der Waals surface area contributed by atoms with Gasteiger partial charge in [-0.05, 0) is 30.9 Å². The molecule has 0 aliphatic carbocycles. The highest BCUT2D eigenvalue weighted by Gasteiger charge is 2.45. The number of fused-ring (bicyclic) bond motifs is 1. The van der Waals surface area contributed by atoms with E-state index in [9.17, 15) is 4.79 Å². The predicted octanol–water partition coefficient (Wildman–Crippen LogP) is 1.94. The molecule has 23 heavy (non-hydrogen) atoms. The van der Waals surface area contributed by atoms with Crippen molar-refractivity contribution in [1.29, 1.82) is 0 Å². The summed E-state index contributed by atoms with van der Waals surface area (Å²) < 4.78 is 5.76. The van der Waals surface area contributed by atoms with Gasteiger partial charge in [0.25, 0.3) is 5.91 Å². The van der Waals surface area contributed by atoms with Crippen molar-refractivity contribution in [2.75, 3.05) is 44.4 Å². The summed E-state index contributed by atoms with van der Waals surface area (Å²) in [7, 11) is 0. The van der Waals surface area contributed by atoms with Crippen LogP contribution in [0.1, 0.15) is 12.8 Å². The number of rotatable bonds is 2. The Morgan fingerprint density at radius 1 is 1.09 bits per heavy atom. The fraction of sp³-hybridized carbons (Fsp3) is 0.611. The number of ether oxygens (including phenoxy) is 1. The first-order chi connectivity index (χ1) is 11.3. The molecule has 1 aromatic carbocycles. The van der Waals surface area contributed by atoms with Gasteiger partial charge in [-0.2, -0.15) is 0 Å². The molecule has 3 saturated heterocycles. The first-order valence-corrected chi connectivity index (χ1v) is 8.65. The quantitative estimate of drug-likeness (QED) is 0.836. The number of hydrogen-bond acceptors (Lipinski definition) is 4. The molecule has 3 atom stereocenters. The van der Waals surface area contributed by atoms with Crippen molar-refractivity contribution in [2.45, 2.75) is 12.8 Å². The largest absolute Gasteiger partial charge is 0.380 e. The zero-order valence-electron chi connectivity index (χ0n) is 13.4. The molecule has 0 unspecified atom stereocenters. The monoisotopic (exact) mass is 316 g/mol. The lowest BCUT2D eigenvalue weighted by molar-refractivity contribution is -0.207. The maximum atomic E-state index is 12.8. The molecule has 5 nitrogen and oxygen atoms in total. The summed E-state index contributed by atoms with van der Waals surface area (Å²) in [5.41, 5.74) is 1.24. The topological polar surface area (TPSA) is 42.0 Å². The molecule has 3 heterocycles. The highest BCUT2D eigenvalue weighted by Crippen LogP contribution is 2.37. The van der Waals surface area contributed by atoms with Crippen LogP contribution < -0.4 is 4.90 Å². The molecule has 0 spiro atoms. The van der Waals surface area contributed by atoms with Gasteiger partial charge < -0.3 is 9.64 Å². The molecule has 124 valence electrons. The summed E-state index contributed by atoms with van der Waals surface area (Å²) >= 11 is 0. The molecule has 4 rings (SSSR count). The lowest BCUT2D eigenvalue weighted by Crippen LogP contribution is -2.47. The Hall–Kier alpha value is -1.59. The van der Waals surface area contributed by atoms with E-state index >= 15 is 0 Å². The van der Waals surface area contributed by atoms with E-state index in [-0.39, 0.29) is 11.8 Å². The molecule has 3 fully saturated rings. The fourth-order valence-corrected chi connectivity index (χ4v) is 4.06. The average Bonchev–Trinajstić information content (AvgIpc) is 3.07. The van der Waals surface area contributed by atoms with Gasteiger partial charge in [-0.3, -0.25) is 9.63 Å². The van der Waals surface area contributed by atoms with E-state index in [0.29, 0.717) is 25.0 Å². The number of anilines is 1. The second kappa shape index (κ2) is 6.49. The minimum absolute atomic E-state index is 0.0689. The van der Waals surface area contributed by atoms with Crippen LogP contribution in [0.5, 0.6) is 0 Å². The van der Waals surface area contributed by atoms with Crippen LogP contribution in [-0.2, 0) is 14.4 Å². The Morgan fingerprint density at radius 3 is 2.74 bits per heavy atom. The molecule has 1 aromatic rings. The van der Waals surface area contributed by atoms with Crippen molar-refractivity contribution in [3.05, 3.63) is 30.3 Å². The van der Waals surface area contributed by atoms with Gasteiger partial charge in [-0.1, -0.05) is 18.2 Å². The molecular weight excluding hydrogens is 292 g/mol. The van der Waals surface area contributed by atoms with Crippen LogP contribution in [0.3, 0.4) is 0 Å². The van der Waals surface area contributed by atoms with E-state index in [0.717, 1.165) is 39.1 Å². The summed E-state index contributed by atoms with van der Waals surface area (Å²) in [5, 5.41) is 1.59. The normalized spacial score (nSPS) is 31.0. The van der Waals surface area contributed by atoms with Gasteiger partial charge in [-0.25, -0.2) is 5.06 Å². The highest BCUT2D eigenvalue weighted by atomic mass is 16.7. The second-order valence-electron chi connectivity index (χ2n) is 6.79. The Kier molecular flexibility index (Phi) is 4.23. The van der Waals surface area contributed by atoms with Crippen molar-refractivity contribution in [3.8, 4) is 0 Å². The van der Waals surface area contributed by atoms with Crippen molar-refractivity contribution >= 4 is 11.6 Å². The Bertz CT molecular complexity index is 544. The average molecular weight is 316 g/mol. The summed E-state index contributed by atoms with van der Waals surface area (Å²) in [6.07, 6.45) is 2.07. The summed E-state index contributed by atoms with van der Waals surface area (Å²) in [5.74, 6) is 0.847. The third kappa shape index (κ3) is 2.95. The van der Waals surface area contributed by atoms with E-state index in [1.165, 1.54) is 5.69 Å². The maximum Gasteiger partial charge on any atom is 0.251 e. The number of carbonyl (C=O) groups is 1. The van der Waals surface area contributed by atoms with Crippen LogP contribution in [0, 0.1) is 17.8 Å². The Labute approximate surface area is 137 Å². The van der Waals surface area contributed by atoms with Crippen molar-refractivity contribution < 1.29 is 14.4 Å². The predicted molar refractivity (Wildman–Crippen MR) is 86.8 cm³/mol. The number of benzene rings is 1. The molecular formula is C18H24N2O3. The maximum absolute atomic E-state index is 12.8. The van der Waals surface area contributed by atoms with Crippen molar-refractivity contribution in [3.63, 3.8) is 0 Å². The zero-order valence-corrected chi connectivity index (χ0v) is 13.4. The number of nitrogens with zero attached hydrogens (tertiary/aromatic N) is 2. The minimum atomic E-state index is -0.0689. The van der Waals surface area contributed by atoms with Crippen LogP contribution in [0.15, 0.2) is 30.3 Å². The standard InChI is InChI=1S/C18H24N2O3/c21-18(20-8-4-5-9-23-20)17-13-22-12-14-10-19(11-16(14)17)15-6-2-1-3-7-15/h1-3,6-7,14,16-17H,4-5,8-13H2/t14-,16-,17+/m0/s1. The lowest BCUT2D eigenvalue weighted by Gasteiger charge is -2.36. The van der Waals surface area contributed by atoms with E-state index in [1.807, 2.05) is 6.07 Å². The van der Waals surface area contributed by atoms with Gasteiger partial charge in [0.2, 0.25) is 0 Å². The number of hydroxylamine groups is 2. The number of amides is 1. The van der Waals surface area contributed by atoms with Crippen LogP contribution in [0.25, 0.3) is 0 Å². The summed E-state index contributed by atoms with van der Waals surface area (Å²) in [4.78, 5) is 20.8. The van der Waals surface area contributed by atoms with Crippen LogP contribution in [0.2, 0.25) is 0 Å². The molecule has 1 amide bonds. The van der Waals surface area contributed by atoms with Gasteiger partial charge in [0.05, 0.1) is 25.7 Å². The van der Waals surface area contributed by atoms with E-state index in [2.05, 4.69) is 29.2 Å². The molecule has 3 aliphatic rings. The SMILES string of the molecule is O=C([C@@H]1COC[C@@H]2CN(c3ccccc3)C[C@@H]21)N1CCCCO1. The number of carbonyl (C=O) groups excluding carboxylic acids is 1. The van der Waals surface area contributed by atoms with Gasteiger partial charge in [0, 0.05) is 31.2 Å². The molecule has 0 saturated carbocycles. The summed E-state index contributed by atoms with van der Waals surface area (Å²) in [6.45, 7) is 4.57. The second-order valence-corrected chi connectivity index (χ2v) is 6.79. The van der Waals surface area contributed by atoms with Crippen molar-refractivity contribution in [2.24, 2.45) is 17.8 Å². The third-order valence-corrected chi connectivity index (χ3v) is 5.32. The smallest absolute Gasteiger partial charge is 0.251 e. The lowest BCUT2D eigenvalue weighted by atomic mass is 9.82. The van der Waals surface area contributed by atoms with Crippen LogP contribution in [0.4, 0.5) is 5.69 Å². The van der Waals surface area contributed by atoms with Crippen molar-refractivity contribution in [1.82, 2.24) is 5.06 Å². The Morgan fingerprint density at radius 2 is 1.96 bits per heavy atom. The van der Waals surface area contributed by atoms with E-state index in [4.69, 9.17) is 9.57 Å².